The Morgan fingerprint density at radius 3 is 2.35 bits per heavy atom. The maximum atomic E-state index is 12.3. The first-order valence-electron chi connectivity index (χ1n) is 8.14. The zero-order valence-electron chi connectivity index (χ0n) is 13.5. The number of nitrogens with zero attached hydrogens (tertiary/aromatic N) is 1. The molecule has 0 aromatic heterocycles. The van der Waals surface area contributed by atoms with E-state index in [-0.39, 0.29) is 18.4 Å². The van der Waals surface area contributed by atoms with Gasteiger partial charge in [0.2, 0.25) is 11.8 Å². The fourth-order valence-corrected chi connectivity index (χ4v) is 3.18. The van der Waals surface area contributed by atoms with Crippen molar-refractivity contribution < 1.29 is 9.59 Å². The Hall–Kier alpha value is -1.06. The SMILES string of the molecule is CCCCC(CC)CN1C(=O)CNC(=O)C1(CC)CC. The van der Waals surface area contributed by atoms with Crippen molar-refractivity contribution in [3.8, 4) is 0 Å². The lowest BCUT2D eigenvalue weighted by Crippen LogP contribution is -2.67. The summed E-state index contributed by atoms with van der Waals surface area (Å²) < 4.78 is 0. The number of nitrogens with one attached hydrogen (secondary N) is 1. The summed E-state index contributed by atoms with van der Waals surface area (Å²) >= 11 is 0. The third-order valence-corrected chi connectivity index (χ3v) is 4.79. The van der Waals surface area contributed by atoms with Crippen molar-refractivity contribution in [3.63, 3.8) is 0 Å². The van der Waals surface area contributed by atoms with Crippen LogP contribution in [0.15, 0.2) is 0 Å². The van der Waals surface area contributed by atoms with Crippen LogP contribution >= 0.6 is 0 Å². The van der Waals surface area contributed by atoms with Crippen LogP contribution in [0.2, 0.25) is 0 Å². The van der Waals surface area contributed by atoms with Crippen molar-refractivity contribution in [1.29, 1.82) is 0 Å². The van der Waals surface area contributed by atoms with Crippen molar-refractivity contribution in [1.82, 2.24) is 10.2 Å². The van der Waals surface area contributed by atoms with Gasteiger partial charge in [-0.25, -0.2) is 0 Å². The Balaban J connectivity index is 2.90. The third kappa shape index (κ3) is 3.33. The topological polar surface area (TPSA) is 49.4 Å². The van der Waals surface area contributed by atoms with Crippen LogP contribution in [0.3, 0.4) is 0 Å². The van der Waals surface area contributed by atoms with Gasteiger partial charge in [0.1, 0.15) is 5.54 Å². The maximum absolute atomic E-state index is 12.3. The molecule has 1 aliphatic rings. The Bertz CT molecular complexity index is 337. The fourth-order valence-electron chi connectivity index (χ4n) is 3.18. The van der Waals surface area contributed by atoms with E-state index in [9.17, 15) is 9.59 Å². The molecule has 0 aromatic rings. The standard InChI is InChI=1S/C16H30N2O2/c1-5-9-10-13(6-2)12-18-14(19)11-17-15(20)16(18,7-3)8-4/h13H,5-12H2,1-4H3,(H,17,20). The summed E-state index contributed by atoms with van der Waals surface area (Å²) in [5.74, 6) is 0.595. The number of amides is 2. The van der Waals surface area contributed by atoms with Gasteiger partial charge in [-0.05, 0) is 25.2 Å². The highest BCUT2D eigenvalue weighted by molar-refractivity contribution is 5.97. The summed E-state index contributed by atoms with van der Waals surface area (Å²) in [5, 5.41) is 2.76. The van der Waals surface area contributed by atoms with Crippen LogP contribution in [0.1, 0.15) is 66.2 Å². The molecule has 0 radical (unpaired) electrons. The first-order chi connectivity index (χ1) is 9.55. The maximum Gasteiger partial charge on any atom is 0.246 e. The van der Waals surface area contributed by atoms with E-state index in [1.807, 2.05) is 18.7 Å². The molecule has 116 valence electrons. The van der Waals surface area contributed by atoms with E-state index in [4.69, 9.17) is 0 Å². The van der Waals surface area contributed by atoms with E-state index < -0.39 is 5.54 Å². The second-order valence-electron chi connectivity index (χ2n) is 5.84. The highest BCUT2D eigenvalue weighted by Crippen LogP contribution is 2.29. The van der Waals surface area contributed by atoms with Crippen molar-refractivity contribution in [2.24, 2.45) is 5.92 Å². The largest absolute Gasteiger partial charge is 0.345 e. The number of piperazine rings is 1. The number of carbonyl (C=O) groups is 2. The predicted octanol–water partition coefficient (Wildman–Crippen LogP) is 2.72. The second kappa shape index (κ2) is 7.65. The number of hydrogen-bond acceptors (Lipinski definition) is 2. The molecule has 0 aromatic carbocycles. The molecule has 1 atom stereocenters. The molecular weight excluding hydrogens is 252 g/mol. The molecule has 0 aliphatic carbocycles. The molecule has 1 rings (SSSR count). The van der Waals surface area contributed by atoms with Crippen LogP contribution in [0.25, 0.3) is 0 Å². The Kier molecular flexibility index (Phi) is 6.50. The monoisotopic (exact) mass is 282 g/mol. The van der Waals surface area contributed by atoms with Gasteiger partial charge in [-0.2, -0.15) is 0 Å². The molecule has 1 saturated heterocycles. The number of unbranched alkanes of at least 4 members (excludes halogenated alkanes) is 1. The van der Waals surface area contributed by atoms with Crippen LogP contribution in [-0.4, -0.2) is 35.3 Å². The smallest absolute Gasteiger partial charge is 0.246 e. The number of rotatable bonds is 8. The molecule has 4 nitrogen and oxygen atoms in total. The lowest BCUT2D eigenvalue weighted by molar-refractivity contribution is -0.155. The minimum atomic E-state index is -0.630. The number of carbonyl (C=O) groups excluding carboxylic acids is 2. The Morgan fingerprint density at radius 1 is 1.20 bits per heavy atom. The van der Waals surface area contributed by atoms with Crippen molar-refractivity contribution in [2.75, 3.05) is 13.1 Å². The molecular formula is C16H30N2O2. The zero-order valence-corrected chi connectivity index (χ0v) is 13.5. The van der Waals surface area contributed by atoms with Crippen molar-refractivity contribution in [3.05, 3.63) is 0 Å². The van der Waals surface area contributed by atoms with Gasteiger partial charge in [-0.3, -0.25) is 9.59 Å². The average molecular weight is 282 g/mol. The molecule has 20 heavy (non-hydrogen) atoms. The second-order valence-corrected chi connectivity index (χ2v) is 5.84. The van der Waals surface area contributed by atoms with Gasteiger partial charge in [-0.1, -0.05) is 47.0 Å². The van der Waals surface area contributed by atoms with E-state index in [1.54, 1.807) is 0 Å². The van der Waals surface area contributed by atoms with Gasteiger partial charge in [0.25, 0.3) is 0 Å². The van der Waals surface area contributed by atoms with Crippen LogP contribution in [0.5, 0.6) is 0 Å². The highest BCUT2D eigenvalue weighted by atomic mass is 16.2. The van der Waals surface area contributed by atoms with Crippen LogP contribution in [0, 0.1) is 5.92 Å². The predicted molar refractivity (Wildman–Crippen MR) is 81.3 cm³/mol. The minimum absolute atomic E-state index is 0.0208. The summed E-state index contributed by atoms with van der Waals surface area (Å²) in [6.45, 7) is 9.25. The third-order valence-electron chi connectivity index (χ3n) is 4.79. The van der Waals surface area contributed by atoms with Crippen LogP contribution < -0.4 is 5.32 Å². The molecule has 4 heteroatoms. The van der Waals surface area contributed by atoms with Gasteiger partial charge in [-0.15, -0.1) is 0 Å². The molecule has 1 N–H and O–H groups in total. The number of hydrogen-bond donors (Lipinski definition) is 1. The molecule has 1 fully saturated rings. The van der Waals surface area contributed by atoms with Crippen LogP contribution in [-0.2, 0) is 9.59 Å². The Morgan fingerprint density at radius 2 is 1.85 bits per heavy atom. The lowest BCUT2D eigenvalue weighted by Gasteiger charge is -2.46. The highest BCUT2D eigenvalue weighted by Gasteiger charge is 2.46. The van der Waals surface area contributed by atoms with E-state index in [2.05, 4.69) is 19.2 Å². The van der Waals surface area contributed by atoms with Gasteiger partial charge < -0.3 is 10.2 Å². The first-order valence-corrected chi connectivity index (χ1v) is 8.14. The quantitative estimate of drug-likeness (QED) is 0.744. The molecule has 2 amide bonds. The molecule has 1 heterocycles. The van der Waals surface area contributed by atoms with Gasteiger partial charge in [0.15, 0.2) is 0 Å². The average Bonchev–Trinajstić information content (AvgIpc) is 2.47. The summed E-state index contributed by atoms with van der Waals surface area (Å²) in [4.78, 5) is 26.5. The summed E-state index contributed by atoms with van der Waals surface area (Å²) in [6, 6.07) is 0. The molecule has 1 aliphatic heterocycles. The lowest BCUT2D eigenvalue weighted by atomic mass is 9.85. The van der Waals surface area contributed by atoms with Crippen molar-refractivity contribution in [2.45, 2.75) is 71.8 Å². The Labute approximate surface area is 123 Å². The fraction of sp³-hybridized carbons (Fsp3) is 0.875. The normalized spacial score (nSPS) is 19.9. The van der Waals surface area contributed by atoms with E-state index in [0.29, 0.717) is 18.8 Å². The van der Waals surface area contributed by atoms with E-state index in [1.165, 1.54) is 12.8 Å². The van der Waals surface area contributed by atoms with Crippen molar-refractivity contribution >= 4 is 11.8 Å². The van der Waals surface area contributed by atoms with E-state index in [0.717, 1.165) is 19.4 Å². The first kappa shape index (κ1) is 17.0. The summed E-state index contributed by atoms with van der Waals surface area (Å²) in [7, 11) is 0. The molecule has 0 spiro atoms. The molecule has 1 unspecified atom stereocenters. The van der Waals surface area contributed by atoms with E-state index >= 15 is 0 Å². The van der Waals surface area contributed by atoms with Gasteiger partial charge >= 0.3 is 0 Å². The summed E-state index contributed by atoms with van der Waals surface area (Å²) in [5.41, 5.74) is -0.630. The summed E-state index contributed by atoms with van der Waals surface area (Å²) in [6.07, 6.45) is 5.95. The van der Waals surface area contributed by atoms with Gasteiger partial charge in [0, 0.05) is 6.54 Å². The minimum Gasteiger partial charge on any atom is -0.345 e. The van der Waals surface area contributed by atoms with Crippen LogP contribution in [0.4, 0.5) is 0 Å². The molecule has 0 saturated carbocycles. The zero-order chi connectivity index (χ0) is 15.2. The molecule has 0 bridgehead atoms. The van der Waals surface area contributed by atoms with Gasteiger partial charge in [0.05, 0.1) is 6.54 Å².